The van der Waals surface area contributed by atoms with Crippen LogP contribution in [0, 0.1) is 0 Å². The van der Waals surface area contributed by atoms with Crippen molar-refractivity contribution >= 4 is 5.69 Å². The molecule has 3 N–H and O–H groups in total. The van der Waals surface area contributed by atoms with Crippen molar-refractivity contribution in [3.05, 3.63) is 24.0 Å². The molecule has 0 bridgehead atoms. The van der Waals surface area contributed by atoms with E-state index in [0.717, 1.165) is 25.3 Å². The molecule has 0 aromatic carbocycles. The number of anilines is 1. The van der Waals surface area contributed by atoms with Gasteiger partial charge in [-0.3, -0.25) is 4.98 Å². The molecule has 1 rings (SSSR count). The molecule has 0 fully saturated rings. The molecule has 13 heavy (non-hydrogen) atoms. The van der Waals surface area contributed by atoms with Gasteiger partial charge in [-0.05, 0) is 11.6 Å². The van der Waals surface area contributed by atoms with Crippen molar-refractivity contribution in [1.82, 2.24) is 10.3 Å². The minimum Gasteiger partial charge on any atom is -0.397 e. The molecule has 0 saturated heterocycles. The van der Waals surface area contributed by atoms with Crippen LogP contribution in [0.5, 0.6) is 0 Å². The summed E-state index contributed by atoms with van der Waals surface area (Å²) in [5, 5.41) is 3.21. The Morgan fingerprint density at radius 3 is 3.08 bits per heavy atom. The molecule has 0 radical (unpaired) electrons. The van der Waals surface area contributed by atoms with Crippen LogP contribution in [-0.4, -0.2) is 25.2 Å². The van der Waals surface area contributed by atoms with Crippen LogP contribution < -0.4 is 11.1 Å². The van der Waals surface area contributed by atoms with Gasteiger partial charge in [-0.2, -0.15) is 0 Å². The fraction of sp³-hybridized carbons (Fsp3) is 0.444. The van der Waals surface area contributed by atoms with Crippen molar-refractivity contribution in [3.8, 4) is 0 Å². The van der Waals surface area contributed by atoms with Crippen LogP contribution in [0.15, 0.2) is 18.5 Å². The van der Waals surface area contributed by atoms with Crippen molar-refractivity contribution in [2.45, 2.75) is 6.54 Å². The minimum atomic E-state index is 0.700. The highest BCUT2D eigenvalue weighted by molar-refractivity contribution is 5.36. The average Bonchev–Trinajstić information content (AvgIpc) is 2.13. The Kier molecular flexibility index (Phi) is 4.21. The molecule has 0 amide bonds. The first-order valence-electron chi connectivity index (χ1n) is 4.22. The van der Waals surface area contributed by atoms with E-state index in [2.05, 4.69) is 10.3 Å². The lowest BCUT2D eigenvalue weighted by molar-refractivity contribution is 0.199. The van der Waals surface area contributed by atoms with E-state index >= 15 is 0 Å². The van der Waals surface area contributed by atoms with Crippen molar-refractivity contribution in [3.63, 3.8) is 0 Å². The number of rotatable bonds is 5. The molecular formula is C9H15N3O. The summed E-state index contributed by atoms with van der Waals surface area (Å²) < 4.78 is 4.90. The summed E-state index contributed by atoms with van der Waals surface area (Å²) in [6.45, 7) is 2.34. The number of methoxy groups -OCH3 is 1. The van der Waals surface area contributed by atoms with Gasteiger partial charge in [-0.25, -0.2) is 0 Å². The van der Waals surface area contributed by atoms with Gasteiger partial charge in [-0.1, -0.05) is 0 Å². The standard InChI is InChI=1S/C9H15N3O/c1-13-3-2-11-5-8-4-9(10)7-12-6-8/h4,6-7,11H,2-3,5,10H2,1H3. The summed E-state index contributed by atoms with van der Waals surface area (Å²) in [7, 11) is 1.68. The number of pyridine rings is 1. The molecule has 1 heterocycles. The number of hydrogen-bond acceptors (Lipinski definition) is 4. The van der Waals surface area contributed by atoms with E-state index in [-0.39, 0.29) is 0 Å². The van der Waals surface area contributed by atoms with E-state index in [0.29, 0.717) is 5.69 Å². The van der Waals surface area contributed by atoms with Crippen molar-refractivity contribution < 1.29 is 4.74 Å². The quantitative estimate of drug-likeness (QED) is 0.645. The maximum absolute atomic E-state index is 5.57. The molecule has 1 aromatic rings. The highest BCUT2D eigenvalue weighted by Crippen LogP contribution is 2.02. The minimum absolute atomic E-state index is 0.700. The van der Waals surface area contributed by atoms with E-state index in [1.807, 2.05) is 6.07 Å². The molecule has 0 aliphatic heterocycles. The molecule has 0 saturated carbocycles. The lowest BCUT2D eigenvalue weighted by Gasteiger charge is -2.03. The normalized spacial score (nSPS) is 10.2. The Morgan fingerprint density at radius 1 is 1.54 bits per heavy atom. The monoisotopic (exact) mass is 181 g/mol. The zero-order valence-electron chi connectivity index (χ0n) is 7.79. The number of aromatic nitrogens is 1. The first kappa shape index (κ1) is 9.95. The van der Waals surface area contributed by atoms with Gasteiger partial charge in [0.05, 0.1) is 12.3 Å². The second kappa shape index (κ2) is 5.50. The zero-order valence-corrected chi connectivity index (χ0v) is 7.79. The third kappa shape index (κ3) is 3.87. The molecule has 0 spiro atoms. The summed E-state index contributed by atoms with van der Waals surface area (Å²) in [5.41, 5.74) is 7.37. The predicted octanol–water partition coefficient (Wildman–Crippen LogP) is 0.400. The molecule has 72 valence electrons. The summed E-state index contributed by atoms with van der Waals surface area (Å²) in [6, 6.07) is 1.91. The molecule has 1 aromatic heterocycles. The van der Waals surface area contributed by atoms with Crippen LogP contribution in [0.3, 0.4) is 0 Å². The molecular weight excluding hydrogens is 166 g/mol. The molecule has 4 heteroatoms. The first-order valence-corrected chi connectivity index (χ1v) is 4.22. The van der Waals surface area contributed by atoms with E-state index in [1.165, 1.54) is 0 Å². The molecule has 4 nitrogen and oxygen atoms in total. The zero-order chi connectivity index (χ0) is 9.52. The summed E-state index contributed by atoms with van der Waals surface area (Å²) >= 11 is 0. The average molecular weight is 181 g/mol. The number of ether oxygens (including phenoxy) is 1. The van der Waals surface area contributed by atoms with Gasteiger partial charge in [0.15, 0.2) is 0 Å². The van der Waals surface area contributed by atoms with Crippen LogP contribution in [0.1, 0.15) is 5.56 Å². The van der Waals surface area contributed by atoms with Gasteiger partial charge in [-0.15, -0.1) is 0 Å². The molecule has 0 aliphatic rings. The highest BCUT2D eigenvalue weighted by Gasteiger charge is 1.93. The van der Waals surface area contributed by atoms with Gasteiger partial charge in [0, 0.05) is 32.6 Å². The summed E-state index contributed by atoms with van der Waals surface area (Å²) in [6.07, 6.45) is 3.44. The van der Waals surface area contributed by atoms with Crippen molar-refractivity contribution in [1.29, 1.82) is 0 Å². The Labute approximate surface area is 78.1 Å². The predicted molar refractivity (Wildman–Crippen MR) is 52.2 cm³/mol. The fourth-order valence-corrected chi connectivity index (χ4v) is 1.01. The van der Waals surface area contributed by atoms with Crippen LogP contribution in [0.25, 0.3) is 0 Å². The third-order valence-electron chi connectivity index (χ3n) is 1.63. The maximum atomic E-state index is 5.57. The number of hydrogen-bond donors (Lipinski definition) is 2. The smallest absolute Gasteiger partial charge is 0.0587 e. The van der Waals surface area contributed by atoms with Crippen molar-refractivity contribution in [2.24, 2.45) is 0 Å². The Hall–Kier alpha value is -1.13. The highest BCUT2D eigenvalue weighted by atomic mass is 16.5. The van der Waals surface area contributed by atoms with Crippen LogP contribution in [0.4, 0.5) is 5.69 Å². The lowest BCUT2D eigenvalue weighted by Crippen LogP contribution is -2.18. The molecule has 0 unspecified atom stereocenters. The SMILES string of the molecule is COCCNCc1cncc(N)c1. The van der Waals surface area contributed by atoms with E-state index in [4.69, 9.17) is 10.5 Å². The third-order valence-corrected chi connectivity index (χ3v) is 1.63. The summed E-state index contributed by atoms with van der Waals surface area (Å²) in [5.74, 6) is 0. The first-order chi connectivity index (χ1) is 6.33. The van der Waals surface area contributed by atoms with Gasteiger partial charge < -0.3 is 15.8 Å². The van der Waals surface area contributed by atoms with Gasteiger partial charge in [0.1, 0.15) is 0 Å². The molecule has 0 aliphatic carbocycles. The maximum Gasteiger partial charge on any atom is 0.0587 e. The second-order valence-corrected chi connectivity index (χ2v) is 2.80. The van der Waals surface area contributed by atoms with Crippen LogP contribution >= 0.6 is 0 Å². The topological polar surface area (TPSA) is 60.2 Å². The fourth-order valence-electron chi connectivity index (χ4n) is 1.01. The number of nitrogens with one attached hydrogen (secondary N) is 1. The van der Waals surface area contributed by atoms with Gasteiger partial charge in [0.25, 0.3) is 0 Å². The van der Waals surface area contributed by atoms with Gasteiger partial charge in [0.2, 0.25) is 0 Å². The number of nitrogens with zero attached hydrogens (tertiary/aromatic N) is 1. The van der Waals surface area contributed by atoms with E-state index in [9.17, 15) is 0 Å². The molecule has 0 atom stereocenters. The summed E-state index contributed by atoms with van der Waals surface area (Å²) in [4.78, 5) is 3.99. The second-order valence-electron chi connectivity index (χ2n) is 2.80. The lowest BCUT2D eigenvalue weighted by atomic mass is 10.2. The van der Waals surface area contributed by atoms with Crippen LogP contribution in [-0.2, 0) is 11.3 Å². The largest absolute Gasteiger partial charge is 0.397 e. The Morgan fingerprint density at radius 2 is 2.38 bits per heavy atom. The Bertz CT molecular complexity index is 252. The van der Waals surface area contributed by atoms with Crippen molar-refractivity contribution in [2.75, 3.05) is 26.0 Å². The van der Waals surface area contributed by atoms with Crippen LogP contribution in [0.2, 0.25) is 0 Å². The van der Waals surface area contributed by atoms with E-state index < -0.39 is 0 Å². The number of nitrogens with two attached hydrogens (primary N) is 1. The number of nitrogen functional groups attached to an aromatic ring is 1. The Balaban J connectivity index is 2.28. The van der Waals surface area contributed by atoms with E-state index in [1.54, 1.807) is 19.5 Å². The van der Waals surface area contributed by atoms with Gasteiger partial charge >= 0.3 is 0 Å².